The second-order valence-corrected chi connectivity index (χ2v) is 7.93. The molecular weight excluding hydrogens is 392 g/mol. The molecule has 1 atom stereocenters. The van der Waals surface area contributed by atoms with Crippen LogP contribution >= 0.6 is 0 Å². The number of carbonyl (C=O) groups is 1. The molecule has 0 bridgehead atoms. The van der Waals surface area contributed by atoms with E-state index in [4.69, 9.17) is 9.15 Å². The largest absolute Gasteiger partial charge is 0.497 e. The van der Waals surface area contributed by atoms with E-state index in [2.05, 4.69) is 11.8 Å². The zero-order valence-electron chi connectivity index (χ0n) is 18.0. The van der Waals surface area contributed by atoms with Gasteiger partial charge < -0.3 is 14.1 Å². The van der Waals surface area contributed by atoms with Crippen LogP contribution in [0.3, 0.4) is 0 Å². The predicted octanol–water partition coefficient (Wildman–Crippen LogP) is 3.64. The average Bonchev–Trinajstić information content (AvgIpc) is 2.80. The van der Waals surface area contributed by atoms with Crippen molar-refractivity contribution in [2.45, 2.75) is 25.8 Å². The molecular formula is C25H28N2O4. The first-order valence-electron chi connectivity index (χ1n) is 10.8. The summed E-state index contributed by atoms with van der Waals surface area (Å²) in [7, 11) is 1.62. The van der Waals surface area contributed by atoms with Gasteiger partial charge in [-0.05, 0) is 35.7 Å². The maximum atomic E-state index is 13.1. The molecule has 4 rings (SSSR count). The van der Waals surface area contributed by atoms with E-state index in [0.29, 0.717) is 25.2 Å². The van der Waals surface area contributed by atoms with Crippen LogP contribution in [0.4, 0.5) is 0 Å². The number of benzene rings is 2. The molecule has 162 valence electrons. The minimum atomic E-state index is -0.352. The minimum Gasteiger partial charge on any atom is -0.497 e. The van der Waals surface area contributed by atoms with Crippen LogP contribution in [-0.4, -0.2) is 49.0 Å². The normalized spacial score (nSPS) is 15.7. The van der Waals surface area contributed by atoms with Gasteiger partial charge in [-0.25, -0.2) is 4.79 Å². The number of hydrogen-bond acceptors (Lipinski definition) is 5. The van der Waals surface area contributed by atoms with E-state index < -0.39 is 0 Å². The molecule has 1 aliphatic rings. The van der Waals surface area contributed by atoms with E-state index in [9.17, 15) is 9.59 Å². The zero-order chi connectivity index (χ0) is 21.8. The third-order valence-corrected chi connectivity index (χ3v) is 6.02. The molecule has 1 fully saturated rings. The molecule has 0 unspecified atom stereocenters. The van der Waals surface area contributed by atoms with E-state index in [1.54, 1.807) is 25.3 Å². The fourth-order valence-electron chi connectivity index (χ4n) is 4.29. The number of methoxy groups -OCH3 is 1. The molecule has 6 heteroatoms. The van der Waals surface area contributed by atoms with Crippen LogP contribution in [0.25, 0.3) is 11.0 Å². The standard InChI is InChI=1S/C25H28N2O4/c1-3-21(18-7-5-4-6-8-18)25(29)27-13-11-26(12-14-27)17-19-15-24(28)31-23-10-9-20(30-2)16-22(19)23/h4-10,15-16,21H,3,11-14,17H2,1-2H3/t21-/m1/s1. The summed E-state index contributed by atoms with van der Waals surface area (Å²) < 4.78 is 10.7. The van der Waals surface area contributed by atoms with E-state index in [0.717, 1.165) is 41.8 Å². The molecule has 3 aromatic rings. The van der Waals surface area contributed by atoms with Crippen LogP contribution in [0.5, 0.6) is 5.75 Å². The zero-order valence-corrected chi connectivity index (χ0v) is 18.0. The predicted molar refractivity (Wildman–Crippen MR) is 120 cm³/mol. The van der Waals surface area contributed by atoms with Gasteiger partial charge in [0.2, 0.25) is 5.91 Å². The van der Waals surface area contributed by atoms with Crippen molar-refractivity contribution in [1.29, 1.82) is 0 Å². The van der Waals surface area contributed by atoms with E-state index in [1.807, 2.05) is 41.3 Å². The van der Waals surface area contributed by atoms with E-state index in [-0.39, 0.29) is 17.5 Å². The first-order valence-corrected chi connectivity index (χ1v) is 10.8. The molecule has 31 heavy (non-hydrogen) atoms. The lowest BCUT2D eigenvalue weighted by Gasteiger charge is -2.36. The Labute approximate surface area is 182 Å². The number of nitrogens with zero attached hydrogens (tertiary/aromatic N) is 2. The topological polar surface area (TPSA) is 63.0 Å². The van der Waals surface area contributed by atoms with Gasteiger partial charge in [0.1, 0.15) is 11.3 Å². The number of hydrogen-bond donors (Lipinski definition) is 0. The summed E-state index contributed by atoms with van der Waals surface area (Å²) in [5, 5.41) is 0.882. The minimum absolute atomic E-state index is 0.0945. The summed E-state index contributed by atoms with van der Waals surface area (Å²) in [6.45, 7) is 5.60. The van der Waals surface area contributed by atoms with Crippen LogP contribution in [-0.2, 0) is 11.3 Å². The summed E-state index contributed by atoms with van der Waals surface area (Å²) >= 11 is 0. The van der Waals surface area contributed by atoms with Gasteiger partial charge in [-0.1, -0.05) is 37.3 Å². The monoisotopic (exact) mass is 420 g/mol. The third-order valence-electron chi connectivity index (χ3n) is 6.02. The molecule has 0 radical (unpaired) electrons. The van der Waals surface area contributed by atoms with Crippen molar-refractivity contribution in [1.82, 2.24) is 9.80 Å². The Morgan fingerprint density at radius 1 is 1.06 bits per heavy atom. The number of ether oxygens (including phenoxy) is 1. The summed E-state index contributed by atoms with van der Waals surface area (Å²) in [5.41, 5.74) is 2.20. The van der Waals surface area contributed by atoms with Gasteiger partial charge in [0.25, 0.3) is 0 Å². The van der Waals surface area contributed by atoms with Gasteiger partial charge in [-0.2, -0.15) is 0 Å². The molecule has 0 spiro atoms. The number of fused-ring (bicyclic) bond motifs is 1. The van der Waals surface area contributed by atoms with Crippen molar-refractivity contribution in [2.75, 3.05) is 33.3 Å². The fourth-order valence-corrected chi connectivity index (χ4v) is 4.29. The van der Waals surface area contributed by atoms with Gasteiger partial charge in [-0.3, -0.25) is 9.69 Å². The number of piperazine rings is 1. The number of amides is 1. The second kappa shape index (κ2) is 9.35. The van der Waals surface area contributed by atoms with Crippen LogP contribution in [0.1, 0.15) is 30.4 Å². The molecule has 0 N–H and O–H groups in total. The maximum absolute atomic E-state index is 13.1. The lowest BCUT2D eigenvalue weighted by Crippen LogP contribution is -2.49. The molecule has 1 amide bonds. The Balaban J connectivity index is 1.45. The van der Waals surface area contributed by atoms with Crippen molar-refractivity contribution in [2.24, 2.45) is 0 Å². The van der Waals surface area contributed by atoms with Gasteiger partial charge >= 0.3 is 5.63 Å². The molecule has 6 nitrogen and oxygen atoms in total. The van der Waals surface area contributed by atoms with Crippen LogP contribution < -0.4 is 10.4 Å². The Morgan fingerprint density at radius 3 is 2.48 bits per heavy atom. The SMILES string of the molecule is CC[C@@H](C(=O)N1CCN(Cc2cc(=O)oc3ccc(OC)cc23)CC1)c1ccccc1. The molecule has 2 heterocycles. The summed E-state index contributed by atoms with van der Waals surface area (Å²) in [4.78, 5) is 29.4. The average molecular weight is 421 g/mol. The first kappa shape index (κ1) is 21.1. The highest BCUT2D eigenvalue weighted by molar-refractivity contribution is 5.84. The summed E-state index contributed by atoms with van der Waals surface area (Å²) in [6.07, 6.45) is 0.788. The Hall–Kier alpha value is -3.12. The van der Waals surface area contributed by atoms with E-state index in [1.165, 1.54) is 0 Å². The van der Waals surface area contributed by atoms with Crippen LogP contribution in [0, 0.1) is 0 Å². The van der Waals surface area contributed by atoms with Crippen LogP contribution in [0.2, 0.25) is 0 Å². The van der Waals surface area contributed by atoms with Crippen molar-refractivity contribution < 1.29 is 13.9 Å². The highest BCUT2D eigenvalue weighted by Crippen LogP contribution is 2.25. The molecule has 1 aromatic heterocycles. The van der Waals surface area contributed by atoms with Crippen molar-refractivity contribution in [3.05, 3.63) is 76.1 Å². The Bertz CT molecular complexity index is 1100. The lowest BCUT2D eigenvalue weighted by atomic mass is 9.95. The van der Waals surface area contributed by atoms with Gasteiger partial charge in [-0.15, -0.1) is 0 Å². The summed E-state index contributed by atoms with van der Waals surface area (Å²) in [6, 6.07) is 17.0. The Morgan fingerprint density at radius 2 is 1.81 bits per heavy atom. The Kier molecular flexibility index (Phi) is 6.37. The smallest absolute Gasteiger partial charge is 0.336 e. The third kappa shape index (κ3) is 4.64. The molecule has 2 aromatic carbocycles. The van der Waals surface area contributed by atoms with Crippen molar-refractivity contribution in [3.63, 3.8) is 0 Å². The van der Waals surface area contributed by atoms with Crippen LogP contribution in [0.15, 0.2) is 63.8 Å². The summed E-state index contributed by atoms with van der Waals surface area (Å²) in [5.74, 6) is 0.830. The van der Waals surface area contributed by atoms with Crippen molar-refractivity contribution in [3.8, 4) is 5.75 Å². The molecule has 0 aliphatic carbocycles. The number of carbonyl (C=O) groups excluding carboxylic acids is 1. The van der Waals surface area contributed by atoms with Gasteiger partial charge in [0.05, 0.1) is 13.0 Å². The second-order valence-electron chi connectivity index (χ2n) is 7.93. The molecule has 1 aliphatic heterocycles. The maximum Gasteiger partial charge on any atom is 0.336 e. The van der Waals surface area contributed by atoms with Crippen molar-refractivity contribution >= 4 is 16.9 Å². The highest BCUT2D eigenvalue weighted by Gasteiger charge is 2.27. The number of rotatable bonds is 6. The molecule has 1 saturated heterocycles. The molecule has 0 saturated carbocycles. The fraction of sp³-hybridized carbons (Fsp3) is 0.360. The first-order chi connectivity index (χ1) is 15.1. The van der Waals surface area contributed by atoms with Gasteiger partial charge in [0.15, 0.2) is 0 Å². The lowest BCUT2D eigenvalue weighted by molar-refractivity contribution is -0.134. The van der Waals surface area contributed by atoms with E-state index >= 15 is 0 Å². The quantitative estimate of drug-likeness (QED) is 0.570. The highest BCUT2D eigenvalue weighted by atomic mass is 16.5. The van der Waals surface area contributed by atoms with Gasteiger partial charge in [0, 0.05) is 44.2 Å².